The molecule has 0 amide bonds. The van der Waals surface area contributed by atoms with Gasteiger partial charge >= 0.3 is 0 Å². The molecule has 4 rings (SSSR count). The zero-order valence-corrected chi connectivity index (χ0v) is 21.3. The Hall–Kier alpha value is -4.04. The molecule has 0 aliphatic rings. The average molecular weight is 545 g/mol. The van der Waals surface area contributed by atoms with Gasteiger partial charge in [-0.05, 0) is 72.5 Å². The average Bonchev–Trinajstić information content (AvgIpc) is 2.79. The number of benzene rings is 4. The minimum absolute atomic E-state index is 0.0191. The second-order valence-electron chi connectivity index (χ2n) is 8.47. The van der Waals surface area contributed by atoms with E-state index in [0.717, 1.165) is 22.3 Å². The number of anilines is 4. The molecule has 0 unspecified atom stereocenters. The van der Waals surface area contributed by atoms with Crippen LogP contribution in [0.15, 0.2) is 64.4 Å². The van der Waals surface area contributed by atoms with Crippen LogP contribution in [0.2, 0.25) is 0 Å². The van der Waals surface area contributed by atoms with E-state index in [9.17, 15) is 31.0 Å². The van der Waals surface area contributed by atoms with Crippen molar-refractivity contribution in [3.63, 3.8) is 0 Å². The largest absolute Gasteiger partial charge is 0.505 e. The van der Waals surface area contributed by atoms with E-state index in [1.807, 2.05) is 50.2 Å². The van der Waals surface area contributed by atoms with Crippen LogP contribution in [0.3, 0.4) is 0 Å². The summed E-state index contributed by atoms with van der Waals surface area (Å²) >= 11 is 0. The summed E-state index contributed by atoms with van der Waals surface area (Å²) in [7, 11) is -9.92. The SMILES string of the molecule is Cc1cc(-c2ccc(NNc3ccc4c(S(=O)(=O)O)cc(S(=O)(=O)O)c(N)c4c3O)c(C)c2)ccc1N. The molecule has 0 aliphatic carbocycles. The molecule has 0 saturated heterocycles. The van der Waals surface area contributed by atoms with Crippen molar-refractivity contribution >= 4 is 53.8 Å². The van der Waals surface area contributed by atoms with Crippen LogP contribution in [0.25, 0.3) is 21.9 Å². The van der Waals surface area contributed by atoms with Crippen molar-refractivity contribution in [2.75, 3.05) is 22.3 Å². The molecular weight excluding hydrogens is 520 g/mol. The Morgan fingerprint density at radius 2 is 1.24 bits per heavy atom. The van der Waals surface area contributed by atoms with Crippen molar-refractivity contribution in [3.8, 4) is 16.9 Å². The van der Waals surface area contributed by atoms with Gasteiger partial charge in [-0.25, -0.2) is 0 Å². The van der Waals surface area contributed by atoms with Gasteiger partial charge in [-0.3, -0.25) is 14.5 Å². The maximum Gasteiger partial charge on any atom is 0.296 e. The lowest BCUT2D eigenvalue weighted by atomic mass is 10.0. The lowest BCUT2D eigenvalue weighted by Gasteiger charge is -2.17. The van der Waals surface area contributed by atoms with E-state index < -0.39 is 41.5 Å². The Balaban J connectivity index is 1.72. The number of phenolic OH excluding ortho intramolecular Hbond substituents is 1. The highest BCUT2D eigenvalue weighted by Crippen LogP contribution is 2.42. The Labute approximate surface area is 213 Å². The van der Waals surface area contributed by atoms with Gasteiger partial charge in [-0.15, -0.1) is 0 Å². The summed E-state index contributed by atoms with van der Waals surface area (Å²) in [6.45, 7) is 3.79. The molecule has 0 aromatic heterocycles. The molecule has 0 atom stereocenters. The van der Waals surface area contributed by atoms with Crippen LogP contribution >= 0.6 is 0 Å². The molecule has 9 N–H and O–H groups in total. The predicted molar refractivity (Wildman–Crippen MR) is 143 cm³/mol. The van der Waals surface area contributed by atoms with Crippen molar-refractivity contribution in [2.24, 2.45) is 0 Å². The number of hydrazine groups is 1. The molecule has 4 aromatic rings. The number of hydrogen-bond acceptors (Lipinski definition) is 9. The number of hydrogen-bond donors (Lipinski definition) is 7. The Bertz CT molecular complexity index is 1790. The summed E-state index contributed by atoms with van der Waals surface area (Å²) in [5.41, 5.74) is 22.0. The van der Waals surface area contributed by atoms with Crippen molar-refractivity contribution < 1.29 is 31.0 Å². The third-order valence-corrected chi connectivity index (χ3v) is 7.74. The third-order valence-electron chi connectivity index (χ3n) is 5.96. The topological polar surface area (TPSA) is 205 Å². The molecule has 0 spiro atoms. The van der Waals surface area contributed by atoms with E-state index in [4.69, 9.17) is 11.5 Å². The first-order valence-corrected chi connectivity index (χ1v) is 13.6. The van der Waals surface area contributed by atoms with Crippen LogP contribution < -0.4 is 22.3 Å². The lowest BCUT2D eigenvalue weighted by Crippen LogP contribution is -2.11. The Morgan fingerprint density at radius 1 is 0.703 bits per heavy atom. The summed E-state index contributed by atoms with van der Waals surface area (Å²) < 4.78 is 66.4. The summed E-state index contributed by atoms with van der Waals surface area (Å²) in [5, 5.41) is 10.2. The standard InChI is InChI=1S/C24H24N4O7S2/c1-12-9-14(3-6-17(12)25)15-4-7-18(13(2)10-15)27-28-19-8-5-16-20(36(30,31)32)11-21(37(33,34)35)23(26)22(16)24(19)29/h3-11,27-29H,25-26H2,1-2H3,(H,30,31,32)(H,33,34,35). The number of phenols is 1. The minimum Gasteiger partial charge on any atom is -0.505 e. The fraction of sp³-hybridized carbons (Fsp3) is 0.0833. The number of nitrogen functional groups attached to an aromatic ring is 2. The second kappa shape index (κ2) is 9.12. The first-order chi connectivity index (χ1) is 17.2. The number of fused-ring (bicyclic) bond motifs is 1. The highest BCUT2D eigenvalue weighted by atomic mass is 32.2. The van der Waals surface area contributed by atoms with Crippen LogP contribution in [0.5, 0.6) is 5.75 Å². The normalized spacial score (nSPS) is 12.0. The molecule has 0 fully saturated rings. The fourth-order valence-electron chi connectivity index (χ4n) is 3.97. The second-order valence-corrected chi connectivity index (χ2v) is 11.3. The van der Waals surface area contributed by atoms with Gasteiger partial charge in [0.2, 0.25) is 0 Å². The summed E-state index contributed by atoms with van der Waals surface area (Å²) in [5.74, 6) is -0.607. The molecule has 37 heavy (non-hydrogen) atoms. The van der Waals surface area contributed by atoms with Gasteiger partial charge in [0.1, 0.15) is 15.5 Å². The van der Waals surface area contributed by atoms with E-state index in [2.05, 4.69) is 10.9 Å². The van der Waals surface area contributed by atoms with Gasteiger partial charge in [-0.1, -0.05) is 18.2 Å². The van der Waals surface area contributed by atoms with Crippen molar-refractivity contribution in [3.05, 3.63) is 65.7 Å². The number of aryl methyl sites for hydroxylation is 2. The molecular formula is C24H24N4O7S2. The summed E-state index contributed by atoms with van der Waals surface area (Å²) in [6.07, 6.45) is 0. The molecule has 13 heteroatoms. The predicted octanol–water partition coefficient (Wildman–Crippen LogP) is 3.93. The van der Waals surface area contributed by atoms with Gasteiger partial charge < -0.3 is 22.0 Å². The number of nitrogens with two attached hydrogens (primary N) is 2. The molecule has 0 bridgehead atoms. The van der Waals surface area contributed by atoms with E-state index in [1.165, 1.54) is 12.1 Å². The summed E-state index contributed by atoms with van der Waals surface area (Å²) in [6, 6.07) is 14.4. The smallest absolute Gasteiger partial charge is 0.296 e. The van der Waals surface area contributed by atoms with Crippen LogP contribution in [-0.2, 0) is 20.2 Å². The van der Waals surface area contributed by atoms with Crippen LogP contribution in [0, 0.1) is 13.8 Å². The number of nitrogens with one attached hydrogen (secondary N) is 2. The molecule has 0 saturated carbocycles. The van der Waals surface area contributed by atoms with E-state index in [1.54, 1.807) is 0 Å². The first kappa shape index (κ1) is 26.0. The molecule has 194 valence electrons. The quantitative estimate of drug-likeness (QED) is 0.0801. The van der Waals surface area contributed by atoms with Crippen LogP contribution in [0.4, 0.5) is 22.7 Å². The van der Waals surface area contributed by atoms with Crippen LogP contribution in [-0.4, -0.2) is 31.0 Å². The molecule has 0 radical (unpaired) electrons. The van der Waals surface area contributed by atoms with Crippen molar-refractivity contribution in [1.29, 1.82) is 0 Å². The zero-order valence-electron chi connectivity index (χ0n) is 19.6. The molecule has 0 heterocycles. The Kier molecular flexibility index (Phi) is 6.42. The first-order valence-electron chi connectivity index (χ1n) is 10.7. The van der Waals surface area contributed by atoms with Crippen molar-refractivity contribution in [2.45, 2.75) is 23.6 Å². The summed E-state index contributed by atoms with van der Waals surface area (Å²) in [4.78, 5) is -1.82. The van der Waals surface area contributed by atoms with Gasteiger partial charge in [-0.2, -0.15) is 16.8 Å². The zero-order chi connectivity index (χ0) is 27.3. The number of aromatic hydroxyl groups is 1. The van der Waals surface area contributed by atoms with E-state index >= 15 is 0 Å². The maximum atomic E-state index is 11.9. The van der Waals surface area contributed by atoms with Gasteiger partial charge in [0.15, 0.2) is 0 Å². The Morgan fingerprint density at radius 3 is 1.81 bits per heavy atom. The maximum absolute atomic E-state index is 11.9. The monoisotopic (exact) mass is 544 g/mol. The fourth-order valence-corrected chi connectivity index (χ4v) is 5.40. The van der Waals surface area contributed by atoms with Gasteiger partial charge in [0.25, 0.3) is 20.2 Å². The lowest BCUT2D eigenvalue weighted by molar-refractivity contribution is 0.481. The number of rotatable bonds is 6. The molecule has 4 aromatic carbocycles. The molecule has 0 aliphatic heterocycles. The van der Waals surface area contributed by atoms with Crippen LogP contribution in [0.1, 0.15) is 11.1 Å². The van der Waals surface area contributed by atoms with E-state index in [0.29, 0.717) is 17.4 Å². The highest BCUT2D eigenvalue weighted by Gasteiger charge is 2.26. The van der Waals surface area contributed by atoms with Crippen molar-refractivity contribution in [1.82, 2.24) is 0 Å². The third kappa shape index (κ3) is 4.97. The minimum atomic E-state index is -4.99. The highest BCUT2D eigenvalue weighted by molar-refractivity contribution is 7.87. The van der Waals surface area contributed by atoms with E-state index in [-0.39, 0.29) is 16.5 Å². The van der Waals surface area contributed by atoms with Gasteiger partial charge in [0.05, 0.1) is 22.4 Å². The molecule has 11 nitrogen and oxygen atoms in total. The van der Waals surface area contributed by atoms with Gasteiger partial charge in [0, 0.05) is 11.1 Å².